The van der Waals surface area contributed by atoms with E-state index in [1.807, 2.05) is 11.4 Å². The van der Waals surface area contributed by atoms with Gasteiger partial charge in [-0.1, -0.05) is 38.1 Å². The number of anilines is 1. The third-order valence-corrected chi connectivity index (χ3v) is 4.65. The molecule has 1 heterocycles. The quantitative estimate of drug-likeness (QED) is 0.784. The van der Waals surface area contributed by atoms with Crippen LogP contribution in [0, 0.1) is 0 Å². The highest BCUT2D eigenvalue weighted by Crippen LogP contribution is 2.18. The average molecular weight is 303 g/mol. The molecule has 21 heavy (non-hydrogen) atoms. The molecule has 0 bridgehead atoms. The summed E-state index contributed by atoms with van der Waals surface area (Å²) in [7, 11) is 0. The maximum absolute atomic E-state index is 5.88. The van der Waals surface area contributed by atoms with E-state index in [9.17, 15) is 0 Å². The Hall–Kier alpha value is -1.36. The van der Waals surface area contributed by atoms with Gasteiger partial charge in [-0.2, -0.15) is 0 Å². The van der Waals surface area contributed by atoms with Crippen LogP contribution in [-0.4, -0.2) is 18.0 Å². The molecule has 114 valence electrons. The Bertz CT molecular complexity index is 529. The molecule has 0 aliphatic heterocycles. The van der Waals surface area contributed by atoms with Gasteiger partial charge in [0.1, 0.15) is 0 Å². The number of nitrogens with two attached hydrogens (primary N) is 1. The summed E-state index contributed by atoms with van der Waals surface area (Å²) in [5.74, 6) is 0. The second-order valence-electron chi connectivity index (χ2n) is 5.18. The van der Waals surface area contributed by atoms with E-state index in [0.29, 0.717) is 0 Å². The zero-order valence-electron chi connectivity index (χ0n) is 12.9. The minimum absolute atomic E-state index is 0.838. The van der Waals surface area contributed by atoms with Crippen molar-refractivity contribution in [1.82, 2.24) is 10.2 Å². The summed E-state index contributed by atoms with van der Waals surface area (Å²) in [6, 6.07) is 10.8. The predicted octanol–water partition coefficient (Wildman–Crippen LogP) is 3.46. The molecule has 2 aromatic rings. The van der Waals surface area contributed by atoms with Crippen molar-refractivity contribution in [2.24, 2.45) is 0 Å². The molecule has 0 aliphatic rings. The van der Waals surface area contributed by atoms with Crippen LogP contribution < -0.4 is 11.1 Å². The number of hydrogen-bond acceptors (Lipinski definition) is 4. The van der Waals surface area contributed by atoms with Gasteiger partial charge in [-0.05, 0) is 35.7 Å². The van der Waals surface area contributed by atoms with Crippen LogP contribution in [0.1, 0.15) is 29.9 Å². The Morgan fingerprint density at radius 1 is 1.00 bits per heavy atom. The van der Waals surface area contributed by atoms with Crippen molar-refractivity contribution in [3.05, 3.63) is 51.7 Å². The van der Waals surface area contributed by atoms with Gasteiger partial charge < -0.3 is 11.1 Å². The van der Waals surface area contributed by atoms with E-state index in [4.69, 9.17) is 5.73 Å². The lowest BCUT2D eigenvalue weighted by Gasteiger charge is -2.18. The van der Waals surface area contributed by atoms with E-state index >= 15 is 0 Å². The second kappa shape index (κ2) is 8.17. The smallest absolute Gasteiger partial charge is 0.0468 e. The van der Waals surface area contributed by atoms with Gasteiger partial charge in [0.2, 0.25) is 0 Å². The number of hydrogen-bond donors (Lipinski definition) is 2. The lowest BCUT2D eigenvalue weighted by Crippen LogP contribution is -2.22. The molecule has 3 N–H and O–H groups in total. The van der Waals surface area contributed by atoms with E-state index in [0.717, 1.165) is 38.4 Å². The van der Waals surface area contributed by atoms with E-state index in [-0.39, 0.29) is 0 Å². The van der Waals surface area contributed by atoms with E-state index < -0.39 is 0 Å². The summed E-state index contributed by atoms with van der Waals surface area (Å²) in [4.78, 5) is 3.64. The van der Waals surface area contributed by atoms with Crippen molar-refractivity contribution in [1.29, 1.82) is 0 Å². The molecular formula is C17H25N3S. The van der Waals surface area contributed by atoms with Gasteiger partial charge in [0.15, 0.2) is 0 Å². The molecular weight excluding hydrogens is 278 g/mol. The highest BCUT2D eigenvalue weighted by Gasteiger charge is 2.02. The van der Waals surface area contributed by atoms with Crippen LogP contribution >= 0.6 is 11.3 Å². The molecule has 0 aliphatic carbocycles. The zero-order chi connectivity index (χ0) is 15.1. The molecule has 1 aromatic heterocycles. The first-order valence-corrected chi connectivity index (χ1v) is 8.43. The minimum atomic E-state index is 0.838. The van der Waals surface area contributed by atoms with Gasteiger partial charge in [0.25, 0.3) is 0 Å². The highest BCUT2D eigenvalue weighted by atomic mass is 32.1. The number of benzene rings is 1. The summed E-state index contributed by atoms with van der Waals surface area (Å²) >= 11 is 1.71. The monoisotopic (exact) mass is 303 g/mol. The number of rotatable bonds is 8. The molecule has 0 amide bonds. The minimum Gasteiger partial charge on any atom is -0.398 e. The molecule has 4 heteroatoms. The number of nitrogens with one attached hydrogen (secondary N) is 1. The molecule has 1 aromatic carbocycles. The Labute approximate surface area is 131 Å². The molecule has 0 atom stereocenters. The Morgan fingerprint density at radius 3 is 2.24 bits per heavy atom. The lowest BCUT2D eigenvalue weighted by molar-refractivity contribution is 0.296. The number of thiophene rings is 1. The van der Waals surface area contributed by atoms with E-state index in [1.165, 1.54) is 16.0 Å². The third-order valence-electron chi connectivity index (χ3n) is 3.72. The first-order valence-electron chi connectivity index (χ1n) is 7.55. The van der Waals surface area contributed by atoms with Gasteiger partial charge in [0, 0.05) is 30.2 Å². The van der Waals surface area contributed by atoms with Crippen LogP contribution in [-0.2, 0) is 19.6 Å². The van der Waals surface area contributed by atoms with Gasteiger partial charge >= 0.3 is 0 Å². The number of nitrogens with zero attached hydrogens (tertiary/aromatic N) is 1. The van der Waals surface area contributed by atoms with Gasteiger partial charge in [-0.25, -0.2) is 0 Å². The molecule has 3 nitrogen and oxygen atoms in total. The fourth-order valence-corrected chi connectivity index (χ4v) is 3.05. The maximum Gasteiger partial charge on any atom is 0.0468 e. The SMILES string of the molecule is CCN(CC)Cc1ccc(CNCc2sccc2N)cc1. The zero-order valence-corrected chi connectivity index (χ0v) is 13.7. The highest BCUT2D eigenvalue weighted by molar-refractivity contribution is 7.10. The van der Waals surface area contributed by atoms with Gasteiger partial charge in [0.05, 0.1) is 0 Å². The second-order valence-corrected chi connectivity index (χ2v) is 6.18. The summed E-state index contributed by atoms with van der Waals surface area (Å²) in [5.41, 5.74) is 9.46. The Morgan fingerprint density at radius 2 is 1.67 bits per heavy atom. The first kappa shape index (κ1) is 16.0. The molecule has 2 rings (SSSR count). The van der Waals surface area contributed by atoms with Crippen molar-refractivity contribution in [2.75, 3.05) is 18.8 Å². The van der Waals surface area contributed by atoms with Crippen molar-refractivity contribution in [3.63, 3.8) is 0 Å². The van der Waals surface area contributed by atoms with Gasteiger partial charge in [-0.15, -0.1) is 11.3 Å². The van der Waals surface area contributed by atoms with Crippen LogP contribution in [0.2, 0.25) is 0 Å². The summed E-state index contributed by atoms with van der Waals surface area (Å²) < 4.78 is 0. The maximum atomic E-state index is 5.88. The van der Waals surface area contributed by atoms with Crippen LogP contribution in [0.3, 0.4) is 0 Å². The third kappa shape index (κ3) is 4.84. The van der Waals surface area contributed by atoms with E-state index in [2.05, 4.69) is 48.3 Å². The van der Waals surface area contributed by atoms with Crippen molar-refractivity contribution >= 4 is 17.0 Å². The Kier molecular flexibility index (Phi) is 6.23. The standard InChI is InChI=1S/C17H25N3S/c1-3-20(4-2)13-15-7-5-14(6-8-15)11-19-12-17-16(18)9-10-21-17/h5-10,19H,3-4,11-13,18H2,1-2H3. The Balaban J connectivity index is 1.81. The predicted molar refractivity (Wildman–Crippen MR) is 92.3 cm³/mol. The molecule has 0 saturated carbocycles. The van der Waals surface area contributed by atoms with Crippen LogP contribution in [0.4, 0.5) is 5.69 Å². The van der Waals surface area contributed by atoms with E-state index in [1.54, 1.807) is 11.3 Å². The van der Waals surface area contributed by atoms with Crippen molar-refractivity contribution in [3.8, 4) is 0 Å². The molecule has 0 saturated heterocycles. The van der Waals surface area contributed by atoms with Crippen LogP contribution in [0.15, 0.2) is 35.7 Å². The lowest BCUT2D eigenvalue weighted by atomic mass is 10.1. The summed E-state index contributed by atoms with van der Waals surface area (Å²) in [5, 5.41) is 5.48. The molecule has 0 fully saturated rings. The topological polar surface area (TPSA) is 41.3 Å². The van der Waals surface area contributed by atoms with Gasteiger partial charge in [-0.3, -0.25) is 4.90 Å². The molecule has 0 spiro atoms. The average Bonchev–Trinajstić information content (AvgIpc) is 2.92. The number of nitrogen functional groups attached to an aromatic ring is 1. The first-order chi connectivity index (χ1) is 10.2. The normalized spacial score (nSPS) is 11.2. The summed E-state index contributed by atoms with van der Waals surface area (Å²) in [6.45, 7) is 9.36. The fraction of sp³-hybridized carbons (Fsp3) is 0.412. The molecule has 0 radical (unpaired) electrons. The van der Waals surface area contributed by atoms with Crippen molar-refractivity contribution < 1.29 is 0 Å². The fourth-order valence-electron chi connectivity index (χ4n) is 2.28. The van der Waals surface area contributed by atoms with Crippen molar-refractivity contribution in [2.45, 2.75) is 33.5 Å². The summed E-state index contributed by atoms with van der Waals surface area (Å²) in [6.07, 6.45) is 0. The van der Waals surface area contributed by atoms with Crippen LogP contribution in [0.5, 0.6) is 0 Å². The van der Waals surface area contributed by atoms with Crippen LogP contribution in [0.25, 0.3) is 0 Å². The molecule has 0 unspecified atom stereocenters. The largest absolute Gasteiger partial charge is 0.398 e.